The Bertz CT molecular complexity index is 632. The summed E-state index contributed by atoms with van der Waals surface area (Å²) in [6.07, 6.45) is 1.77. The number of benzene rings is 1. The number of nitrogens with one attached hydrogen (secondary N) is 2. The molecule has 1 aromatic heterocycles. The van der Waals surface area contributed by atoms with Gasteiger partial charge in [0.1, 0.15) is 12.1 Å². The first-order valence-corrected chi connectivity index (χ1v) is 7.16. The van der Waals surface area contributed by atoms with Crippen molar-refractivity contribution in [3.8, 4) is 0 Å². The van der Waals surface area contributed by atoms with Crippen LogP contribution in [0.4, 0.5) is 5.69 Å². The first-order chi connectivity index (χ1) is 10.3. The molecule has 0 radical (unpaired) electrons. The topological polar surface area (TPSA) is 76.4 Å². The second-order valence-electron chi connectivity index (χ2n) is 5.24. The van der Waals surface area contributed by atoms with Crippen LogP contribution >= 0.6 is 0 Å². The fourth-order valence-corrected chi connectivity index (χ4v) is 2.57. The van der Waals surface area contributed by atoms with Crippen molar-refractivity contribution < 1.29 is 13.9 Å². The molecule has 112 valence electrons. The summed E-state index contributed by atoms with van der Waals surface area (Å²) in [4.78, 5) is 16.5. The van der Waals surface area contributed by atoms with Gasteiger partial charge in [0.2, 0.25) is 11.8 Å². The summed E-state index contributed by atoms with van der Waals surface area (Å²) >= 11 is 0. The molecule has 0 atom stereocenters. The second-order valence-corrected chi connectivity index (χ2v) is 5.24. The largest absolute Gasteiger partial charge is 0.438 e. The lowest BCUT2D eigenvalue weighted by molar-refractivity contribution is -0.120. The van der Waals surface area contributed by atoms with Gasteiger partial charge < -0.3 is 19.8 Å². The van der Waals surface area contributed by atoms with Gasteiger partial charge >= 0.3 is 0 Å². The molecule has 1 aliphatic rings. The molecule has 3 rings (SSSR count). The third-order valence-electron chi connectivity index (χ3n) is 3.68. The molecular formula is C15H19N3O3. The maximum absolute atomic E-state index is 12.2. The molecule has 6 heteroatoms. The smallest absolute Gasteiger partial charge is 0.227 e. The van der Waals surface area contributed by atoms with Gasteiger partial charge in [-0.15, -0.1) is 0 Å². The van der Waals surface area contributed by atoms with E-state index >= 15 is 0 Å². The Labute approximate surface area is 122 Å². The number of ether oxygens (including phenoxy) is 1. The summed E-state index contributed by atoms with van der Waals surface area (Å²) in [5.41, 5.74) is 2.18. The monoisotopic (exact) mass is 289 g/mol. The Morgan fingerprint density at radius 3 is 3.05 bits per heavy atom. The lowest BCUT2D eigenvalue weighted by Crippen LogP contribution is -2.34. The van der Waals surface area contributed by atoms with Crippen LogP contribution in [0.1, 0.15) is 18.7 Å². The fraction of sp³-hybridized carbons (Fsp3) is 0.467. The van der Waals surface area contributed by atoms with E-state index in [1.165, 1.54) is 0 Å². The quantitative estimate of drug-likeness (QED) is 0.899. The van der Waals surface area contributed by atoms with E-state index in [1.54, 1.807) is 7.11 Å². The third-order valence-corrected chi connectivity index (χ3v) is 3.68. The van der Waals surface area contributed by atoms with Gasteiger partial charge in [0.25, 0.3) is 0 Å². The van der Waals surface area contributed by atoms with E-state index in [0.717, 1.165) is 37.1 Å². The number of hydrogen-bond acceptors (Lipinski definition) is 5. The second kappa shape index (κ2) is 6.24. The van der Waals surface area contributed by atoms with Crippen LogP contribution in [-0.4, -0.2) is 31.1 Å². The zero-order valence-electron chi connectivity index (χ0n) is 12.0. The number of oxazole rings is 1. The molecule has 1 aromatic carbocycles. The molecule has 1 aliphatic heterocycles. The number of anilines is 1. The maximum atomic E-state index is 12.2. The molecule has 1 amide bonds. The molecule has 2 heterocycles. The van der Waals surface area contributed by atoms with Gasteiger partial charge in [-0.2, -0.15) is 0 Å². The summed E-state index contributed by atoms with van der Waals surface area (Å²) in [6, 6.07) is 5.49. The van der Waals surface area contributed by atoms with E-state index in [2.05, 4.69) is 15.6 Å². The van der Waals surface area contributed by atoms with Gasteiger partial charge in [-0.1, -0.05) is 0 Å². The number of carbonyl (C=O) groups excluding carboxylic acids is 1. The normalized spacial score (nSPS) is 16.2. The molecule has 6 nitrogen and oxygen atoms in total. The first-order valence-electron chi connectivity index (χ1n) is 7.16. The number of amides is 1. The Morgan fingerprint density at radius 2 is 2.29 bits per heavy atom. The van der Waals surface area contributed by atoms with Crippen LogP contribution in [0.5, 0.6) is 0 Å². The van der Waals surface area contributed by atoms with Gasteiger partial charge in [0, 0.05) is 18.7 Å². The Morgan fingerprint density at radius 1 is 1.48 bits per heavy atom. The van der Waals surface area contributed by atoms with E-state index in [0.29, 0.717) is 18.1 Å². The van der Waals surface area contributed by atoms with Crippen LogP contribution in [0, 0.1) is 5.92 Å². The number of hydrogen-bond donors (Lipinski definition) is 2. The van der Waals surface area contributed by atoms with Crippen molar-refractivity contribution in [3.63, 3.8) is 0 Å². The molecular weight excluding hydrogens is 270 g/mol. The van der Waals surface area contributed by atoms with E-state index in [4.69, 9.17) is 9.15 Å². The first kappa shape index (κ1) is 14.0. The summed E-state index contributed by atoms with van der Waals surface area (Å²) in [6.45, 7) is 2.15. The number of nitrogens with zero attached hydrogens (tertiary/aromatic N) is 1. The van der Waals surface area contributed by atoms with E-state index in [9.17, 15) is 4.79 Å². The van der Waals surface area contributed by atoms with E-state index in [1.807, 2.05) is 18.2 Å². The van der Waals surface area contributed by atoms with Gasteiger partial charge in [0.15, 0.2) is 5.58 Å². The average molecular weight is 289 g/mol. The van der Waals surface area contributed by atoms with Crippen molar-refractivity contribution in [3.05, 3.63) is 24.1 Å². The van der Waals surface area contributed by atoms with Crippen LogP contribution in [0.2, 0.25) is 0 Å². The molecule has 0 spiro atoms. The average Bonchev–Trinajstić information content (AvgIpc) is 2.90. The molecule has 1 saturated heterocycles. The van der Waals surface area contributed by atoms with Crippen LogP contribution in [0.25, 0.3) is 11.1 Å². The van der Waals surface area contributed by atoms with Crippen molar-refractivity contribution in [1.82, 2.24) is 10.3 Å². The van der Waals surface area contributed by atoms with Gasteiger partial charge in [-0.05, 0) is 44.1 Å². The van der Waals surface area contributed by atoms with Crippen molar-refractivity contribution >= 4 is 22.7 Å². The zero-order valence-corrected chi connectivity index (χ0v) is 12.0. The molecule has 2 N–H and O–H groups in total. The molecule has 0 bridgehead atoms. The number of piperidine rings is 1. The van der Waals surface area contributed by atoms with Crippen LogP contribution in [0.15, 0.2) is 22.6 Å². The van der Waals surface area contributed by atoms with Crippen LogP contribution < -0.4 is 10.6 Å². The van der Waals surface area contributed by atoms with Crippen LogP contribution in [0.3, 0.4) is 0 Å². The molecule has 0 saturated carbocycles. The van der Waals surface area contributed by atoms with Gasteiger partial charge in [0.05, 0.1) is 0 Å². The highest BCUT2D eigenvalue weighted by atomic mass is 16.5. The predicted octanol–water partition coefficient (Wildman–Crippen LogP) is 1.91. The van der Waals surface area contributed by atoms with Crippen LogP contribution in [-0.2, 0) is 16.1 Å². The molecule has 0 unspecified atom stereocenters. The predicted molar refractivity (Wildman–Crippen MR) is 78.9 cm³/mol. The minimum atomic E-state index is 0.0801. The standard InChI is InChI=1S/C15H19N3O3/c1-20-9-14-18-12-8-11(2-3-13(12)21-14)17-15(19)10-4-6-16-7-5-10/h2-3,8,10,16H,4-7,9H2,1H3,(H,17,19). The van der Waals surface area contributed by atoms with Crippen molar-refractivity contribution in [1.29, 1.82) is 0 Å². The summed E-state index contributed by atoms with van der Waals surface area (Å²) in [7, 11) is 1.60. The fourth-order valence-electron chi connectivity index (χ4n) is 2.57. The zero-order chi connectivity index (χ0) is 14.7. The van der Waals surface area contributed by atoms with Crippen molar-refractivity contribution in [2.24, 2.45) is 5.92 Å². The summed E-state index contributed by atoms with van der Waals surface area (Å²) < 4.78 is 10.5. The molecule has 0 aliphatic carbocycles. The summed E-state index contributed by atoms with van der Waals surface area (Å²) in [5, 5.41) is 6.22. The number of aromatic nitrogens is 1. The van der Waals surface area contributed by atoms with Gasteiger partial charge in [-0.3, -0.25) is 4.79 Å². The molecule has 1 fully saturated rings. The van der Waals surface area contributed by atoms with Crippen molar-refractivity contribution in [2.45, 2.75) is 19.4 Å². The van der Waals surface area contributed by atoms with E-state index in [-0.39, 0.29) is 11.8 Å². The number of fused-ring (bicyclic) bond motifs is 1. The third kappa shape index (κ3) is 3.22. The number of methoxy groups -OCH3 is 1. The molecule has 21 heavy (non-hydrogen) atoms. The lowest BCUT2D eigenvalue weighted by atomic mass is 9.97. The Kier molecular flexibility index (Phi) is 4.17. The molecule has 2 aromatic rings. The van der Waals surface area contributed by atoms with E-state index < -0.39 is 0 Å². The number of carbonyl (C=O) groups is 1. The lowest BCUT2D eigenvalue weighted by Gasteiger charge is -2.21. The van der Waals surface area contributed by atoms with Crippen molar-refractivity contribution in [2.75, 3.05) is 25.5 Å². The maximum Gasteiger partial charge on any atom is 0.227 e. The Balaban J connectivity index is 1.72. The SMILES string of the molecule is COCc1nc2cc(NC(=O)C3CCNCC3)ccc2o1. The highest BCUT2D eigenvalue weighted by molar-refractivity contribution is 5.94. The Hall–Kier alpha value is -1.92. The minimum Gasteiger partial charge on any atom is -0.438 e. The summed E-state index contributed by atoms with van der Waals surface area (Å²) in [5.74, 6) is 0.703. The highest BCUT2D eigenvalue weighted by Crippen LogP contribution is 2.22. The van der Waals surface area contributed by atoms with Gasteiger partial charge in [-0.25, -0.2) is 4.98 Å². The highest BCUT2D eigenvalue weighted by Gasteiger charge is 2.21. The minimum absolute atomic E-state index is 0.0801. The number of rotatable bonds is 4.